The first kappa shape index (κ1) is 17.5. The molecule has 3 aliphatic heterocycles. The highest BCUT2D eigenvalue weighted by atomic mass is 16.2. The monoisotopic (exact) mass is 378 g/mol. The SMILES string of the molecule is Cc1c(C(=O)N2CC3CC(C2)C2CCCC(=O)N2C3)cnn1-c1ccccc1. The maximum atomic E-state index is 13.3. The molecule has 4 heterocycles. The van der Waals surface area contributed by atoms with Gasteiger partial charge in [-0.25, -0.2) is 4.68 Å². The van der Waals surface area contributed by atoms with Crippen molar-refractivity contribution in [2.45, 2.75) is 38.6 Å². The smallest absolute Gasteiger partial charge is 0.257 e. The first-order valence-corrected chi connectivity index (χ1v) is 10.3. The summed E-state index contributed by atoms with van der Waals surface area (Å²) in [5, 5.41) is 4.47. The Balaban J connectivity index is 1.37. The van der Waals surface area contributed by atoms with Gasteiger partial charge >= 0.3 is 0 Å². The van der Waals surface area contributed by atoms with Crippen molar-refractivity contribution in [2.75, 3.05) is 19.6 Å². The Labute approximate surface area is 165 Å². The molecular formula is C22H26N4O2. The fraction of sp³-hybridized carbons (Fsp3) is 0.500. The van der Waals surface area contributed by atoms with Crippen LogP contribution in [-0.4, -0.2) is 57.1 Å². The van der Waals surface area contributed by atoms with Crippen molar-refractivity contribution >= 4 is 11.8 Å². The third-order valence-corrected chi connectivity index (χ3v) is 6.71. The minimum atomic E-state index is 0.0740. The molecule has 3 fully saturated rings. The van der Waals surface area contributed by atoms with Gasteiger partial charge in [0.1, 0.15) is 0 Å². The molecule has 3 atom stereocenters. The van der Waals surface area contributed by atoms with Crippen LogP contribution in [0.25, 0.3) is 5.69 Å². The molecule has 0 aliphatic carbocycles. The van der Waals surface area contributed by atoms with Crippen molar-refractivity contribution in [1.82, 2.24) is 19.6 Å². The number of benzene rings is 1. The second kappa shape index (κ2) is 6.76. The van der Waals surface area contributed by atoms with E-state index < -0.39 is 0 Å². The molecule has 0 saturated carbocycles. The minimum absolute atomic E-state index is 0.0740. The maximum absolute atomic E-state index is 13.3. The van der Waals surface area contributed by atoms with E-state index in [9.17, 15) is 9.59 Å². The van der Waals surface area contributed by atoms with E-state index in [1.165, 1.54) is 0 Å². The van der Waals surface area contributed by atoms with Crippen molar-refractivity contribution in [3.05, 3.63) is 47.8 Å². The zero-order chi connectivity index (χ0) is 19.3. The van der Waals surface area contributed by atoms with Gasteiger partial charge in [-0.15, -0.1) is 0 Å². The Hall–Kier alpha value is -2.63. The molecule has 2 bridgehead atoms. The zero-order valence-corrected chi connectivity index (χ0v) is 16.3. The summed E-state index contributed by atoms with van der Waals surface area (Å²) in [6, 6.07) is 10.2. The van der Waals surface area contributed by atoms with Gasteiger partial charge in [0.15, 0.2) is 0 Å². The van der Waals surface area contributed by atoms with Crippen LogP contribution < -0.4 is 0 Å². The summed E-state index contributed by atoms with van der Waals surface area (Å²) >= 11 is 0. The van der Waals surface area contributed by atoms with Crippen LogP contribution >= 0.6 is 0 Å². The Morgan fingerprint density at radius 1 is 1.14 bits per heavy atom. The summed E-state index contributed by atoms with van der Waals surface area (Å²) in [5.41, 5.74) is 2.52. The number of hydrogen-bond donors (Lipinski definition) is 0. The molecule has 1 aromatic carbocycles. The van der Waals surface area contributed by atoms with Crippen molar-refractivity contribution in [2.24, 2.45) is 11.8 Å². The van der Waals surface area contributed by atoms with Gasteiger partial charge in [-0.2, -0.15) is 5.10 Å². The van der Waals surface area contributed by atoms with Crippen molar-refractivity contribution in [3.8, 4) is 5.69 Å². The number of aromatic nitrogens is 2. The van der Waals surface area contributed by atoms with Crippen LogP contribution in [0.5, 0.6) is 0 Å². The number of fused-ring (bicyclic) bond motifs is 4. The lowest BCUT2D eigenvalue weighted by Gasteiger charge is -2.52. The average Bonchev–Trinajstić information content (AvgIpc) is 3.10. The van der Waals surface area contributed by atoms with Gasteiger partial charge in [-0.05, 0) is 50.2 Å². The van der Waals surface area contributed by atoms with Gasteiger partial charge in [0, 0.05) is 32.1 Å². The normalized spacial score (nSPS) is 26.9. The number of hydrogen-bond acceptors (Lipinski definition) is 3. The van der Waals surface area contributed by atoms with Crippen LogP contribution in [0.4, 0.5) is 0 Å². The van der Waals surface area contributed by atoms with Gasteiger partial charge in [-0.3, -0.25) is 9.59 Å². The predicted molar refractivity (Wildman–Crippen MR) is 105 cm³/mol. The van der Waals surface area contributed by atoms with Crippen molar-refractivity contribution < 1.29 is 9.59 Å². The highest BCUT2D eigenvalue weighted by Crippen LogP contribution is 2.38. The fourth-order valence-corrected chi connectivity index (χ4v) is 5.40. The molecule has 1 aromatic heterocycles. The lowest BCUT2D eigenvalue weighted by Crippen LogP contribution is -2.61. The molecule has 2 aromatic rings. The van der Waals surface area contributed by atoms with Gasteiger partial charge in [-0.1, -0.05) is 18.2 Å². The predicted octanol–water partition coefficient (Wildman–Crippen LogP) is 2.65. The molecule has 3 aliphatic rings. The quantitative estimate of drug-likeness (QED) is 0.807. The lowest BCUT2D eigenvalue weighted by molar-refractivity contribution is -0.144. The van der Waals surface area contributed by atoms with E-state index in [1.54, 1.807) is 6.20 Å². The maximum Gasteiger partial charge on any atom is 0.257 e. The van der Waals surface area contributed by atoms with Crippen LogP contribution in [0.3, 0.4) is 0 Å². The molecule has 2 amide bonds. The molecule has 0 radical (unpaired) electrons. The third kappa shape index (κ3) is 2.82. The zero-order valence-electron chi connectivity index (χ0n) is 16.3. The second-order valence-corrected chi connectivity index (χ2v) is 8.47. The molecule has 146 valence electrons. The van der Waals surface area contributed by atoms with Crippen LogP contribution in [0.15, 0.2) is 36.5 Å². The van der Waals surface area contributed by atoms with E-state index in [0.29, 0.717) is 35.8 Å². The summed E-state index contributed by atoms with van der Waals surface area (Å²) in [6.07, 6.45) is 5.59. The molecular weight excluding hydrogens is 352 g/mol. The summed E-state index contributed by atoms with van der Waals surface area (Å²) in [4.78, 5) is 29.7. The number of rotatable bonds is 2. The summed E-state index contributed by atoms with van der Waals surface area (Å²) < 4.78 is 1.83. The summed E-state index contributed by atoms with van der Waals surface area (Å²) in [6.45, 7) is 4.26. The number of carbonyl (C=O) groups is 2. The first-order chi connectivity index (χ1) is 13.6. The Bertz CT molecular complexity index is 907. The van der Waals surface area contributed by atoms with Gasteiger partial charge in [0.25, 0.3) is 5.91 Å². The molecule has 0 N–H and O–H groups in total. The van der Waals surface area contributed by atoms with E-state index in [1.807, 2.05) is 46.8 Å². The third-order valence-electron chi connectivity index (χ3n) is 6.71. The van der Waals surface area contributed by atoms with E-state index in [0.717, 1.165) is 50.3 Å². The molecule has 6 nitrogen and oxygen atoms in total. The fourth-order valence-electron chi connectivity index (χ4n) is 5.40. The van der Waals surface area contributed by atoms with Crippen molar-refractivity contribution in [1.29, 1.82) is 0 Å². The first-order valence-electron chi connectivity index (χ1n) is 10.3. The standard InChI is InChI=1S/C22H26N4O2/c1-15-19(11-23-26(15)18-6-3-2-4-7-18)22(28)24-12-16-10-17(14-24)20-8-5-9-21(27)25(20)13-16/h2-4,6-7,11,16-17,20H,5,8-10,12-14H2,1H3. The highest BCUT2D eigenvalue weighted by molar-refractivity contribution is 5.95. The Morgan fingerprint density at radius 2 is 1.96 bits per heavy atom. The molecule has 0 spiro atoms. The lowest BCUT2D eigenvalue weighted by atomic mass is 9.76. The van der Waals surface area contributed by atoms with Crippen LogP contribution in [-0.2, 0) is 4.79 Å². The van der Waals surface area contributed by atoms with Crippen LogP contribution in [0.2, 0.25) is 0 Å². The van der Waals surface area contributed by atoms with Crippen LogP contribution in [0, 0.1) is 18.8 Å². The average molecular weight is 378 g/mol. The van der Waals surface area contributed by atoms with E-state index in [2.05, 4.69) is 10.00 Å². The molecule has 6 heteroatoms. The van der Waals surface area contributed by atoms with E-state index >= 15 is 0 Å². The number of amides is 2. The van der Waals surface area contributed by atoms with E-state index in [-0.39, 0.29) is 5.91 Å². The van der Waals surface area contributed by atoms with Gasteiger partial charge < -0.3 is 9.80 Å². The summed E-state index contributed by atoms with van der Waals surface area (Å²) in [5.74, 6) is 1.19. The van der Waals surface area contributed by atoms with E-state index in [4.69, 9.17) is 0 Å². The van der Waals surface area contributed by atoms with Crippen LogP contribution in [0.1, 0.15) is 41.7 Å². The number of likely N-dealkylation sites (tertiary alicyclic amines) is 1. The highest BCUT2D eigenvalue weighted by Gasteiger charge is 2.45. The number of carbonyl (C=O) groups excluding carboxylic acids is 2. The molecule has 3 unspecified atom stereocenters. The second-order valence-electron chi connectivity index (χ2n) is 8.47. The Morgan fingerprint density at radius 3 is 2.79 bits per heavy atom. The summed E-state index contributed by atoms with van der Waals surface area (Å²) in [7, 11) is 0. The minimum Gasteiger partial charge on any atom is -0.339 e. The number of nitrogens with zero attached hydrogens (tertiary/aromatic N) is 4. The van der Waals surface area contributed by atoms with Crippen molar-refractivity contribution in [3.63, 3.8) is 0 Å². The number of para-hydroxylation sites is 1. The van der Waals surface area contributed by atoms with Gasteiger partial charge in [0.2, 0.25) is 5.91 Å². The Kier molecular flexibility index (Phi) is 4.22. The topological polar surface area (TPSA) is 58.4 Å². The van der Waals surface area contributed by atoms with Gasteiger partial charge in [0.05, 0.1) is 23.1 Å². The largest absolute Gasteiger partial charge is 0.339 e. The molecule has 5 rings (SSSR count). The molecule has 28 heavy (non-hydrogen) atoms. The molecule has 3 saturated heterocycles. The number of piperidine rings is 3.